The quantitative estimate of drug-likeness (QED) is 0.805. The summed E-state index contributed by atoms with van der Waals surface area (Å²) in [7, 11) is 0. The molecule has 0 aliphatic carbocycles. The Morgan fingerprint density at radius 2 is 2.29 bits per heavy atom. The second-order valence-electron chi connectivity index (χ2n) is 4.10. The van der Waals surface area contributed by atoms with Gasteiger partial charge in [-0.1, -0.05) is 12.1 Å². The number of rotatable bonds is 2. The van der Waals surface area contributed by atoms with Gasteiger partial charge in [-0.2, -0.15) is 5.26 Å². The molecule has 4 heteroatoms. The lowest BCUT2D eigenvalue weighted by Crippen LogP contribution is -2.34. The van der Waals surface area contributed by atoms with Gasteiger partial charge >= 0.3 is 0 Å². The summed E-state index contributed by atoms with van der Waals surface area (Å²) in [5.74, 6) is 0.785. The highest BCUT2D eigenvalue weighted by Gasteiger charge is 2.23. The normalized spacial score (nSPS) is 16.9. The Bertz CT molecular complexity index is 467. The summed E-state index contributed by atoms with van der Waals surface area (Å²) < 4.78 is 0. The van der Waals surface area contributed by atoms with E-state index < -0.39 is 0 Å². The largest absolute Gasteiger partial charge is 0.310 e. The van der Waals surface area contributed by atoms with Gasteiger partial charge in [0.15, 0.2) is 0 Å². The first-order valence-electron chi connectivity index (χ1n) is 5.64. The molecule has 88 valence electrons. The second kappa shape index (κ2) is 5.24. The fraction of sp³-hybridized carbons (Fsp3) is 0.385. The van der Waals surface area contributed by atoms with E-state index in [4.69, 9.17) is 5.26 Å². The molecule has 0 saturated heterocycles. The van der Waals surface area contributed by atoms with Gasteiger partial charge in [-0.3, -0.25) is 4.79 Å². The van der Waals surface area contributed by atoms with Gasteiger partial charge in [0.05, 0.1) is 17.7 Å². The topological polar surface area (TPSA) is 44.1 Å². The van der Waals surface area contributed by atoms with Crippen molar-refractivity contribution >= 4 is 23.4 Å². The minimum Gasteiger partial charge on any atom is -0.310 e. The zero-order valence-electron chi connectivity index (χ0n) is 9.72. The summed E-state index contributed by atoms with van der Waals surface area (Å²) in [5, 5.41) is 8.88. The lowest BCUT2D eigenvalue weighted by molar-refractivity contribution is -0.118. The molecule has 0 N–H and O–H groups in total. The third-order valence-corrected chi connectivity index (χ3v) is 3.77. The van der Waals surface area contributed by atoms with Crippen molar-refractivity contribution in [2.45, 2.75) is 18.2 Å². The average Bonchev–Trinajstić information content (AvgIpc) is 2.50. The summed E-state index contributed by atoms with van der Waals surface area (Å²) in [6.07, 6.45) is 0.539. The molecule has 1 unspecified atom stereocenters. The van der Waals surface area contributed by atoms with E-state index in [1.165, 1.54) is 0 Å². The van der Waals surface area contributed by atoms with Gasteiger partial charge in [0, 0.05) is 23.6 Å². The van der Waals surface area contributed by atoms with Crippen molar-refractivity contribution in [3.63, 3.8) is 0 Å². The molecule has 0 saturated carbocycles. The minimum absolute atomic E-state index is 0.115. The molecular formula is C13H14N2OS. The highest BCUT2D eigenvalue weighted by molar-refractivity contribution is 7.99. The van der Waals surface area contributed by atoms with Crippen molar-refractivity contribution in [3.8, 4) is 6.07 Å². The monoisotopic (exact) mass is 246 g/mol. The molecular weight excluding hydrogens is 232 g/mol. The van der Waals surface area contributed by atoms with Crippen LogP contribution >= 0.6 is 11.8 Å². The van der Waals surface area contributed by atoms with Gasteiger partial charge < -0.3 is 4.90 Å². The maximum absolute atomic E-state index is 12.0. The number of nitriles is 1. The molecule has 2 rings (SSSR count). The summed E-state index contributed by atoms with van der Waals surface area (Å²) >= 11 is 1.71. The maximum Gasteiger partial charge on any atom is 0.227 e. The van der Waals surface area contributed by atoms with Gasteiger partial charge in [-0.25, -0.2) is 0 Å². The van der Waals surface area contributed by atoms with Crippen molar-refractivity contribution < 1.29 is 4.79 Å². The van der Waals surface area contributed by atoms with E-state index >= 15 is 0 Å². The van der Waals surface area contributed by atoms with Crippen LogP contribution in [-0.4, -0.2) is 18.2 Å². The van der Waals surface area contributed by atoms with Crippen molar-refractivity contribution in [2.24, 2.45) is 5.92 Å². The van der Waals surface area contributed by atoms with Crippen molar-refractivity contribution in [1.82, 2.24) is 0 Å². The number of hydrogen-bond acceptors (Lipinski definition) is 3. The van der Waals surface area contributed by atoms with Crippen LogP contribution in [-0.2, 0) is 4.79 Å². The van der Waals surface area contributed by atoms with Crippen LogP contribution in [0.25, 0.3) is 0 Å². The number of anilines is 1. The number of thioether (sulfide) groups is 1. The molecule has 0 fully saturated rings. The first kappa shape index (κ1) is 12.0. The van der Waals surface area contributed by atoms with Crippen LogP contribution < -0.4 is 4.90 Å². The Morgan fingerprint density at radius 1 is 1.53 bits per heavy atom. The van der Waals surface area contributed by atoms with Gasteiger partial charge in [0.1, 0.15) is 0 Å². The van der Waals surface area contributed by atoms with E-state index in [-0.39, 0.29) is 11.8 Å². The molecule has 1 aromatic carbocycles. The van der Waals surface area contributed by atoms with Crippen LogP contribution in [0.1, 0.15) is 13.3 Å². The van der Waals surface area contributed by atoms with Crippen molar-refractivity contribution in [2.75, 3.05) is 17.2 Å². The van der Waals surface area contributed by atoms with E-state index in [0.29, 0.717) is 13.0 Å². The average molecular weight is 246 g/mol. The SMILES string of the molecule is CC(C#N)CN1C(=O)CCSc2ccccc21. The fourth-order valence-electron chi connectivity index (χ4n) is 1.83. The number of benzene rings is 1. The summed E-state index contributed by atoms with van der Waals surface area (Å²) in [4.78, 5) is 14.9. The molecule has 1 aromatic rings. The second-order valence-corrected chi connectivity index (χ2v) is 5.24. The Balaban J connectivity index is 2.34. The van der Waals surface area contributed by atoms with E-state index in [0.717, 1.165) is 16.3 Å². The molecule has 0 radical (unpaired) electrons. The zero-order valence-corrected chi connectivity index (χ0v) is 10.5. The van der Waals surface area contributed by atoms with Crippen molar-refractivity contribution in [3.05, 3.63) is 24.3 Å². The predicted octanol–water partition coefficient (Wildman–Crippen LogP) is 2.68. The predicted molar refractivity (Wildman–Crippen MR) is 68.9 cm³/mol. The summed E-state index contributed by atoms with van der Waals surface area (Å²) in [6.45, 7) is 2.32. The van der Waals surface area contributed by atoms with Gasteiger partial charge in [0.25, 0.3) is 0 Å². The lowest BCUT2D eigenvalue weighted by atomic mass is 10.1. The van der Waals surface area contributed by atoms with Crippen LogP contribution in [0.15, 0.2) is 29.2 Å². The van der Waals surface area contributed by atoms with E-state index in [2.05, 4.69) is 6.07 Å². The molecule has 1 aliphatic rings. The van der Waals surface area contributed by atoms with Crippen LogP contribution in [0.3, 0.4) is 0 Å². The van der Waals surface area contributed by atoms with Gasteiger partial charge in [-0.05, 0) is 19.1 Å². The Kier molecular flexibility index (Phi) is 3.70. The van der Waals surface area contributed by atoms with E-state index in [1.54, 1.807) is 16.7 Å². The zero-order chi connectivity index (χ0) is 12.3. The summed E-state index contributed by atoms with van der Waals surface area (Å²) in [5.41, 5.74) is 0.946. The van der Waals surface area contributed by atoms with Crippen LogP contribution in [0.5, 0.6) is 0 Å². The number of hydrogen-bond donors (Lipinski definition) is 0. The Hall–Kier alpha value is -1.47. The van der Waals surface area contributed by atoms with Crippen LogP contribution in [0.4, 0.5) is 5.69 Å². The number of carbonyl (C=O) groups excluding carboxylic acids is 1. The molecule has 0 spiro atoms. The third-order valence-electron chi connectivity index (χ3n) is 2.71. The first-order chi connectivity index (χ1) is 8.22. The number of fused-ring (bicyclic) bond motifs is 1. The Morgan fingerprint density at radius 3 is 3.06 bits per heavy atom. The smallest absolute Gasteiger partial charge is 0.227 e. The van der Waals surface area contributed by atoms with Crippen LogP contribution in [0, 0.1) is 17.2 Å². The lowest BCUT2D eigenvalue weighted by Gasteiger charge is -2.23. The third kappa shape index (κ3) is 2.62. The molecule has 17 heavy (non-hydrogen) atoms. The van der Waals surface area contributed by atoms with Gasteiger partial charge in [0.2, 0.25) is 5.91 Å². The highest BCUT2D eigenvalue weighted by Crippen LogP contribution is 2.34. The maximum atomic E-state index is 12.0. The highest BCUT2D eigenvalue weighted by atomic mass is 32.2. The molecule has 3 nitrogen and oxygen atoms in total. The number of carbonyl (C=O) groups is 1. The number of amides is 1. The molecule has 1 heterocycles. The number of para-hydroxylation sites is 1. The van der Waals surface area contributed by atoms with E-state index in [1.807, 2.05) is 31.2 Å². The van der Waals surface area contributed by atoms with Crippen LogP contribution in [0.2, 0.25) is 0 Å². The standard InChI is InChI=1S/C13H14N2OS/c1-10(8-14)9-15-11-4-2-3-5-12(11)17-7-6-13(15)16/h2-5,10H,6-7,9H2,1H3. The molecule has 1 aliphatic heterocycles. The van der Waals surface area contributed by atoms with Gasteiger partial charge in [-0.15, -0.1) is 11.8 Å². The first-order valence-corrected chi connectivity index (χ1v) is 6.62. The molecule has 1 atom stereocenters. The van der Waals surface area contributed by atoms with Crippen molar-refractivity contribution in [1.29, 1.82) is 5.26 Å². The fourth-order valence-corrected chi connectivity index (χ4v) is 2.83. The minimum atomic E-state index is -0.143. The Labute approximate surface area is 105 Å². The summed E-state index contributed by atoms with van der Waals surface area (Å²) in [6, 6.07) is 10.1. The molecule has 1 amide bonds. The van der Waals surface area contributed by atoms with E-state index in [9.17, 15) is 4.79 Å². The molecule has 0 aromatic heterocycles. The molecule has 0 bridgehead atoms. The number of nitrogens with zero attached hydrogens (tertiary/aromatic N) is 2.